The Morgan fingerprint density at radius 3 is 2.45 bits per heavy atom. The van der Waals surface area contributed by atoms with Crippen LogP contribution in [-0.4, -0.2) is 52.3 Å². The van der Waals surface area contributed by atoms with Crippen LogP contribution in [0.1, 0.15) is 18.1 Å². The number of guanidine groups is 1. The van der Waals surface area contributed by atoms with Crippen molar-refractivity contribution in [2.24, 2.45) is 4.99 Å². The number of benzene rings is 2. The van der Waals surface area contributed by atoms with Crippen molar-refractivity contribution < 1.29 is 18.6 Å². The maximum atomic E-state index is 13.4. The van der Waals surface area contributed by atoms with E-state index in [0.29, 0.717) is 36.8 Å². The summed E-state index contributed by atoms with van der Waals surface area (Å²) in [6.07, 6.45) is 0.673. The van der Waals surface area contributed by atoms with Gasteiger partial charge in [0, 0.05) is 32.2 Å². The first kappa shape index (κ1) is 22.3. The van der Waals surface area contributed by atoms with Crippen molar-refractivity contribution in [3.8, 4) is 17.2 Å². The van der Waals surface area contributed by atoms with Crippen LogP contribution < -0.4 is 19.5 Å². The lowest BCUT2D eigenvalue weighted by atomic mass is 10.1. The summed E-state index contributed by atoms with van der Waals surface area (Å²) in [5.41, 5.74) is 1.87. The van der Waals surface area contributed by atoms with Gasteiger partial charge in [0.05, 0.1) is 21.3 Å². The minimum atomic E-state index is -0.238. The van der Waals surface area contributed by atoms with E-state index < -0.39 is 0 Å². The van der Waals surface area contributed by atoms with Gasteiger partial charge in [0.1, 0.15) is 5.82 Å². The highest BCUT2D eigenvalue weighted by atomic mass is 19.1. The van der Waals surface area contributed by atoms with Crippen molar-refractivity contribution >= 4 is 5.96 Å². The van der Waals surface area contributed by atoms with Crippen LogP contribution in [0, 0.1) is 5.82 Å². The van der Waals surface area contributed by atoms with Gasteiger partial charge in [-0.15, -0.1) is 0 Å². The SMILES string of the molecule is CCNC(=NCCc1ccc(OC)c(OC)c1OC)N(C)Cc1cccc(F)c1. The lowest BCUT2D eigenvalue weighted by Crippen LogP contribution is -2.38. The quantitative estimate of drug-likeness (QED) is 0.513. The van der Waals surface area contributed by atoms with E-state index in [1.807, 2.05) is 37.1 Å². The zero-order chi connectivity index (χ0) is 21.2. The van der Waals surface area contributed by atoms with Gasteiger partial charge >= 0.3 is 0 Å². The average Bonchev–Trinajstić information content (AvgIpc) is 2.72. The molecule has 2 rings (SSSR count). The lowest BCUT2D eigenvalue weighted by Gasteiger charge is -2.22. The minimum Gasteiger partial charge on any atom is -0.493 e. The first-order valence-corrected chi connectivity index (χ1v) is 9.55. The second-order valence-electron chi connectivity index (χ2n) is 6.47. The molecule has 0 heterocycles. The summed E-state index contributed by atoms with van der Waals surface area (Å²) < 4.78 is 29.8. The Morgan fingerprint density at radius 1 is 1.07 bits per heavy atom. The van der Waals surface area contributed by atoms with Crippen molar-refractivity contribution in [3.63, 3.8) is 0 Å². The van der Waals surface area contributed by atoms with Crippen LogP contribution in [0.5, 0.6) is 17.2 Å². The molecule has 0 aromatic heterocycles. The number of hydrogen-bond acceptors (Lipinski definition) is 4. The molecule has 1 N–H and O–H groups in total. The minimum absolute atomic E-state index is 0.238. The van der Waals surface area contributed by atoms with Crippen LogP contribution in [0.25, 0.3) is 0 Å². The van der Waals surface area contributed by atoms with Gasteiger partial charge in [-0.25, -0.2) is 4.39 Å². The molecule has 7 heteroatoms. The number of aliphatic imine (C=N–C) groups is 1. The summed E-state index contributed by atoms with van der Waals surface area (Å²) in [7, 11) is 6.73. The summed E-state index contributed by atoms with van der Waals surface area (Å²) in [5.74, 6) is 2.38. The first-order valence-electron chi connectivity index (χ1n) is 9.55. The molecule has 2 aromatic carbocycles. The fraction of sp³-hybridized carbons (Fsp3) is 0.409. The van der Waals surface area contributed by atoms with E-state index in [-0.39, 0.29) is 5.82 Å². The van der Waals surface area contributed by atoms with Crippen LogP contribution in [0.3, 0.4) is 0 Å². The van der Waals surface area contributed by atoms with Crippen LogP contribution in [0.4, 0.5) is 4.39 Å². The molecule has 0 aliphatic rings. The smallest absolute Gasteiger partial charge is 0.203 e. The fourth-order valence-electron chi connectivity index (χ4n) is 3.10. The predicted molar refractivity (Wildman–Crippen MR) is 114 cm³/mol. The second kappa shape index (κ2) is 11.1. The lowest BCUT2D eigenvalue weighted by molar-refractivity contribution is 0.322. The van der Waals surface area contributed by atoms with Gasteiger partial charge in [-0.1, -0.05) is 18.2 Å². The molecular formula is C22H30FN3O3. The molecule has 0 amide bonds. The molecule has 0 bridgehead atoms. The molecule has 0 fully saturated rings. The topological polar surface area (TPSA) is 55.3 Å². The third-order valence-corrected chi connectivity index (χ3v) is 4.43. The Hall–Kier alpha value is -2.96. The highest BCUT2D eigenvalue weighted by Crippen LogP contribution is 2.39. The first-order chi connectivity index (χ1) is 14.0. The van der Waals surface area contributed by atoms with Crippen LogP contribution in [-0.2, 0) is 13.0 Å². The Labute approximate surface area is 172 Å². The summed E-state index contributed by atoms with van der Waals surface area (Å²) in [4.78, 5) is 6.69. The number of rotatable bonds is 9. The maximum absolute atomic E-state index is 13.4. The van der Waals surface area contributed by atoms with Gasteiger partial charge in [-0.2, -0.15) is 0 Å². The number of hydrogen-bond donors (Lipinski definition) is 1. The van der Waals surface area contributed by atoms with E-state index >= 15 is 0 Å². The van der Waals surface area contributed by atoms with E-state index in [0.717, 1.165) is 23.6 Å². The van der Waals surface area contributed by atoms with Gasteiger partial charge in [-0.3, -0.25) is 4.99 Å². The Kier molecular flexibility index (Phi) is 8.58. The van der Waals surface area contributed by atoms with Gasteiger partial charge in [0.15, 0.2) is 17.5 Å². The van der Waals surface area contributed by atoms with E-state index in [1.165, 1.54) is 12.1 Å². The normalized spacial score (nSPS) is 11.2. The van der Waals surface area contributed by atoms with Gasteiger partial charge in [-0.05, 0) is 37.1 Å². The summed E-state index contributed by atoms with van der Waals surface area (Å²) in [5, 5.41) is 3.28. The molecule has 158 valence electrons. The summed E-state index contributed by atoms with van der Waals surface area (Å²) in [6, 6.07) is 10.4. The van der Waals surface area contributed by atoms with Gasteiger partial charge in [0.25, 0.3) is 0 Å². The molecule has 0 spiro atoms. The number of ether oxygens (including phenoxy) is 3. The molecule has 6 nitrogen and oxygen atoms in total. The fourth-order valence-corrected chi connectivity index (χ4v) is 3.10. The van der Waals surface area contributed by atoms with Crippen LogP contribution in [0.2, 0.25) is 0 Å². The van der Waals surface area contributed by atoms with E-state index in [9.17, 15) is 4.39 Å². The van der Waals surface area contributed by atoms with Crippen molar-refractivity contribution in [2.45, 2.75) is 19.9 Å². The average molecular weight is 403 g/mol. The van der Waals surface area contributed by atoms with Gasteiger partial charge in [0.2, 0.25) is 5.75 Å². The highest BCUT2D eigenvalue weighted by Gasteiger charge is 2.15. The largest absolute Gasteiger partial charge is 0.493 e. The monoisotopic (exact) mass is 403 g/mol. The molecule has 2 aromatic rings. The molecule has 0 aliphatic heterocycles. The molecule has 0 saturated heterocycles. The zero-order valence-electron chi connectivity index (χ0n) is 17.8. The molecule has 0 aliphatic carbocycles. The molecule has 0 saturated carbocycles. The van der Waals surface area contributed by atoms with E-state index in [1.54, 1.807) is 27.4 Å². The molecule has 0 unspecified atom stereocenters. The molecule has 29 heavy (non-hydrogen) atoms. The van der Waals surface area contributed by atoms with E-state index in [2.05, 4.69) is 5.32 Å². The van der Waals surface area contributed by atoms with Gasteiger partial charge < -0.3 is 24.4 Å². The maximum Gasteiger partial charge on any atom is 0.203 e. The number of halogens is 1. The zero-order valence-corrected chi connectivity index (χ0v) is 17.8. The van der Waals surface area contributed by atoms with Crippen LogP contribution >= 0.6 is 0 Å². The highest BCUT2D eigenvalue weighted by molar-refractivity contribution is 5.79. The van der Waals surface area contributed by atoms with E-state index in [4.69, 9.17) is 19.2 Å². The molecular weight excluding hydrogens is 373 g/mol. The Balaban J connectivity index is 2.12. The van der Waals surface area contributed by atoms with Crippen molar-refractivity contribution in [2.75, 3.05) is 41.5 Å². The Bertz CT molecular complexity index is 827. The number of methoxy groups -OCH3 is 3. The van der Waals surface area contributed by atoms with Crippen LogP contribution in [0.15, 0.2) is 41.4 Å². The standard InChI is InChI=1S/C22H30FN3O3/c1-6-24-22(26(2)15-16-8-7-9-18(23)14-16)25-13-12-17-10-11-19(27-3)21(29-5)20(17)28-4/h7-11,14H,6,12-13,15H2,1-5H3,(H,24,25). The second-order valence-corrected chi connectivity index (χ2v) is 6.47. The number of nitrogens with zero attached hydrogens (tertiary/aromatic N) is 2. The number of nitrogens with one attached hydrogen (secondary N) is 1. The Morgan fingerprint density at radius 2 is 1.83 bits per heavy atom. The molecule has 0 radical (unpaired) electrons. The van der Waals surface area contributed by atoms with Crippen molar-refractivity contribution in [1.29, 1.82) is 0 Å². The summed E-state index contributed by atoms with van der Waals surface area (Å²) >= 11 is 0. The third-order valence-electron chi connectivity index (χ3n) is 4.43. The third kappa shape index (κ3) is 6.01. The predicted octanol–water partition coefficient (Wildman–Crippen LogP) is 3.49. The summed E-state index contributed by atoms with van der Waals surface area (Å²) in [6.45, 7) is 3.87. The van der Waals surface area contributed by atoms with Crippen molar-refractivity contribution in [1.82, 2.24) is 10.2 Å². The molecule has 0 atom stereocenters. The van der Waals surface area contributed by atoms with Crippen molar-refractivity contribution in [3.05, 3.63) is 53.3 Å².